The van der Waals surface area contributed by atoms with E-state index in [1.807, 2.05) is 6.08 Å². The normalized spacial score (nSPS) is 12.7. The van der Waals surface area contributed by atoms with Crippen molar-refractivity contribution in [3.05, 3.63) is 24.3 Å². The van der Waals surface area contributed by atoms with Crippen molar-refractivity contribution in [3.8, 4) is 0 Å². The fourth-order valence-corrected chi connectivity index (χ4v) is 9.52. The van der Waals surface area contributed by atoms with Gasteiger partial charge in [-0.3, -0.25) is 9.59 Å². The van der Waals surface area contributed by atoms with Gasteiger partial charge in [0.05, 0.1) is 25.4 Å². The number of ether oxygens (including phenoxy) is 1. The molecule has 1 amide bonds. The molecule has 0 aromatic rings. The number of nitrogens with one attached hydrogen (secondary N) is 1. The first-order valence-electron chi connectivity index (χ1n) is 30.6. The van der Waals surface area contributed by atoms with Gasteiger partial charge in [-0.25, -0.2) is 0 Å². The molecule has 0 bridgehead atoms. The lowest BCUT2D eigenvalue weighted by molar-refractivity contribution is -0.143. The van der Waals surface area contributed by atoms with E-state index in [4.69, 9.17) is 4.74 Å². The van der Waals surface area contributed by atoms with E-state index in [0.717, 1.165) is 70.6 Å². The second kappa shape index (κ2) is 57.9. The Morgan fingerprint density at radius 2 is 0.706 bits per heavy atom. The average Bonchev–Trinajstić information content (AvgIpc) is 3.34. The molecule has 0 aromatic heterocycles. The number of allylic oxidation sites excluding steroid dienone is 3. The number of aliphatic hydroxyl groups is 2. The SMILES string of the molecule is CCCCCCCCCCCCCCCCCCCCCCCC/C=C/C(O)C(CO)NC(=O)CCC/C=C\CCCCCCOC(=O)CCCCCCCCCCCCCCCCCCCC. The Balaban J connectivity index is 3.52. The molecule has 6 heteroatoms. The number of carbonyl (C=O) groups excluding carboxylic acids is 2. The summed E-state index contributed by atoms with van der Waals surface area (Å²) < 4.78 is 5.46. The van der Waals surface area contributed by atoms with E-state index in [0.29, 0.717) is 19.4 Å². The van der Waals surface area contributed by atoms with Gasteiger partial charge in [-0.15, -0.1) is 0 Å². The second-order valence-electron chi connectivity index (χ2n) is 21.0. The molecule has 68 heavy (non-hydrogen) atoms. The molecule has 0 aliphatic carbocycles. The van der Waals surface area contributed by atoms with Gasteiger partial charge < -0.3 is 20.3 Å². The van der Waals surface area contributed by atoms with E-state index < -0.39 is 12.1 Å². The first kappa shape index (κ1) is 66.3. The third-order valence-corrected chi connectivity index (χ3v) is 14.2. The largest absolute Gasteiger partial charge is 0.466 e. The molecule has 402 valence electrons. The maximum Gasteiger partial charge on any atom is 0.305 e. The third kappa shape index (κ3) is 53.7. The summed E-state index contributed by atoms with van der Waals surface area (Å²) in [5.41, 5.74) is 0. The predicted octanol–water partition coefficient (Wildman–Crippen LogP) is 19.0. The third-order valence-electron chi connectivity index (χ3n) is 14.2. The van der Waals surface area contributed by atoms with Gasteiger partial charge in [0.2, 0.25) is 5.91 Å². The van der Waals surface area contributed by atoms with E-state index in [1.54, 1.807) is 6.08 Å². The molecule has 0 saturated carbocycles. The molecular formula is C62H119NO5. The summed E-state index contributed by atoms with van der Waals surface area (Å²) in [6.07, 6.45) is 70.8. The summed E-state index contributed by atoms with van der Waals surface area (Å²) >= 11 is 0. The Morgan fingerprint density at radius 3 is 1.07 bits per heavy atom. The van der Waals surface area contributed by atoms with Crippen molar-refractivity contribution in [2.45, 2.75) is 347 Å². The lowest BCUT2D eigenvalue weighted by atomic mass is 10.0. The summed E-state index contributed by atoms with van der Waals surface area (Å²) in [5.74, 6) is -0.157. The highest BCUT2D eigenvalue weighted by Gasteiger charge is 2.18. The fourth-order valence-electron chi connectivity index (χ4n) is 9.52. The van der Waals surface area contributed by atoms with Crippen molar-refractivity contribution in [2.75, 3.05) is 13.2 Å². The van der Waals surface area contributed by atoms with Crippen LogP contribution in [0.3, 0.4) is 0 Å². The van der Waals surface area contributed by atoms with Crippen LogP contribution in [-0.2, 0) is 14.3 Å². The molecule has 2 unspecified atom stereocenters. The number of rotatable bonds is 57. The highest BCUT2D eigenvalue weighted by molar-refractivity contribution is 5.76. The summed E-state index contributed by atoms with van der Waals surface area (Å²) in [4.78, 5) is 24.6. The Morgan fingerprint density at radius 1 is 0.397 bits per heavy atom. The van der Waals surface area contributed by atoms with Gasteiger partial charge in [0.15, 0.2) is 0 Å². The van der Waals surface area contributed by atoms with Crippen LogP contribution in [0.25, 0.3) is 0 Å². The summed E-state index contributed by atoms with van der Waals surface area (Å²) in [7, 11) is 0. The van der Waals surface area contributed by atoms with Gasteiger partial charge in [-0.2, -0.15) is 0 Å². The summed E-state index contributed by atoms with van der Waals surface area (Å²) in [6.45, 7) is 4.84. The second-order valence-corrected chi connectivity index (χ2v) is 21.0. The molecule has 6 nitrogen and oxygen atoms in total. The Labute approximate surface area is 424 Å². The van der Waals surface area contributed by atoms with Crippen molar-refractivity contribution in [2.24, 2.45) is 0 Å². The van der Waals surface area contributed by atoms with Crippen LogP contribution in [0.1, 0.15) is 335 Å². The van der Waals surface area contributed by atoms with E-state index in [9.17, 15) is 19.8 Å². The van der Waals surface area contributed by atoms with Crippen molar-refractivity contribution in [3.63, 3.8) is 0 Å². The van der Waals surface area contributed by atoms with Gasteiger partial charge in [0, 0.05) is 12.8 Å². The Bertz CT molecular complexity index is 1060. The standard InChI is InChI=1S/C62H119NO5/c1-3-5-7-9-11-13-15-17-19-21-23-24-25-26-27-28-29-31-33-35-38-42-46-50-54-60(65)59(58-64)63-61(66)55-51-47-43-39-37-41-45-49-53-57-68-62(67)56-52-48-44-40-36-34-32-30-22-20-18-16-14-12-10-8-6-4-2/h39,43,50,54,59-60,64-65H,3-38,40-42,44-49,51-53,55-58H2,1-2H3,(H,63,66)/b43-39-,54-50+. The van der Waals surface area contributed by atoms with E-state index in [1.165, 1.54) is 238 Å². The van der Waals surface area contributed by atoms with Crippen LogP contribution in [0.5, 0.6) is 0 Å². The number of aliphatic hydroxyl groups excluding tert-OH is 2. The topological polar surface area (TPSA) is 95.9 Å². The number of amides is 1. The van der Waals surface area contributed by atoms with Gasteiger partial charge in [-0.1, -0.05) is 295 Å². The molecule has 0 heterocycles. The first-order valence-corrected chi connectivity index (χ1v) is 30.6. The van der Waals surface area contributed by atoms with Crippen LogP contribution < -0.4 is 5.32 Å². The molecule has 0 spiro atoms. The lowest BCUT2D eigenvalue weighted by Crippen LogP contribution is -2.45. The minimum Gasteiger partial charge on any atom is -0.466 e. The molecular weight excluding hydrogens is 839 g/mol. The Kier molecular flexibility index (Phi) is 56.5. The van der Waals surface area contributed by atoms with Crippen LogP contribution in [0.4, 0.5) is 0 Å². The number of carbonyl (C=O) groups is 2. The van der Waals surface area contributed by atoms with Crippen LogP contribution in [0.15, 0.2) is 24.3 Å². The highest BCUT2D eigenvalue weighted by Crippen LogP contribution is 2.18. The van der Waals surface area contributed by atoms with E-state index in [2.05, 4.69) is 31.3 Å². The quantitative estimate of drug-likeness (QED) is 0.0321. The maximum atomic E-state index is 12.5. The summed E-state index contributed by atoms with van der Waals surface area (Å²) in [6, 6.07) is -0.666. The number of unbranched alkanes of at least 4 members (excludes halogenated alkanes) is 44. The average molecular weight is 959 g/mol. The predicted molar refractivity (Wildman–Crippen MR) is 296 cm³/mol. The van der Waals surface area contributed by atoms with Gasteiger partial charge >= 0.3 is 5.97 Å². The van der Waals surface area contributed by atoms with Crippen LogP contribution >= 0.6 is 0 Å². The van der Waals surface area contributed by atoms with Crippen LogP contribution in [0, 0.1) is 0 Å². The molecule has 0 aromatic carbocycles. The molecule has 2 atom stereocenters. The minimum atomic E-state index is -0.876. The zero-order chi connectivity index (χ0) is 49.3. The smallest absolute Gasteiger partial charge is 0.305 e. The van der Waals surface area contributed by atoms with Crippen molar-refractivity contribution in [1.29, 1.82) is 0 Å². The van der Waals surface area contributed by atoms with Gasteiger partial charge in [-0.05, 0) is 51.4 Å². The fraction of sp³-hybridized carbons (Fsp3) is 0.903. The van der Waals surface area contributed by atoms with Crippen molar-refractivity contribution < 1.29 is 24.5 Å². The van der Waals surface area contributed by atoms with E-state index in [-0.39, 0.29) is 18.5 Å². The molecule has 0 saturated heterocycles. The zero-order valence-corrected chi connectivity index (χ0v) is 45.9. The van der Waals surface area contributed by atoms with Crippen LogP contribution in [-0.4, -0.2) is 47.4 Å². The zero-order valence-electron chi connectivity index (χ0n) is 45.9. The lowest BCUT2D eigenvalue weighted by Gasteiger charge is -2.19. The number of esters is 1. The minimum absolute atomic E-state index is 0.0327. The Hall–Kier alpha value is -1.66. The molecule has 3 N–H and O–H groups in total. The molecule has 0 aliphatic heterocycles. The number of hydrogen-bond donors (Lipinski definition) is 3. The monoisotopic (exact) mass is 958 g/mol. The van der Waals surface area contributed by atoms with Gasteiger partial charge in [0.25, 0.3) is 0 Å². The summed E-state index contributed by atoms with van der Waals surface area (Å²) in [5, 5.41) is 23.1. The van der Waals surface area contributed by atoms with E-state index >= 15 is 0 Å². The van der Waals surface area contributed by atoms with Crippen molar-refractivity contribution in [1.82, 2.24) is 5.32 Å². The van der Waals surface area contributed by atoms with Crippen LogP contribution in [0.2, 0.25) is 0 Å². The number of hydrogen-bond acceptors (Lipinski definition) is 5. The maximum absolute atomic E-state index is 12.5. The first-order chi connectivity index (χ1) is 33.5. The van der Waals surface area contributed by atoms with Crippen molar-refractivity contribution >= 4 is 11.9 Å². The van der Waals surface area contributed by atoms with Gasteiger partial charge in [0.1, 0.15) is 0 Å². The molecule has 0 rings (SSSR count). The molecule has 0 radical (unpaired) electrons. The highest BCUT2D eigenvalue weighted by atomic mass is 16.5. The molecule has 0 aliphatic rings. The molecule has 0 fully saturated rings.